The van der Waals surface area contributed by atoms with Gasteiger partial charge in [0.25, 0.3) is 5.91 Å². The molecule has 4 heterocycles. The SMILES string of the molecule is C[C@@H]1OCCC2Oc3ccc(-c4cccnc4F)cc3[C@]3(N=C(N)N(C)C3=O)[C@H]21. The Labute approximate surface area is 167 Å². The number of carbonyl (C=O) groups excluding carboxylic acids is 1. The predicted octanol–water partition coefficient (Wildman–Crippen LogP) is 2.06. The molecule has 8 heteroatoms. The fourth-order valence-electron chi connectivity index (χ4n) is 4.79. The molecule has 1 aromatic heterocycles. The van der Waals surface area contributed by atoms with E-state index in [2.05, 4.69) is 9.98 Å². The third-order valence-corrected chi connectivity index (χ3v) is 6.18. The lowest BCUT2D eigenvalue weighted by Gasteiger charge is -2.48. The van der Waals surface area contributed by atoms with Crippen LogP contribution in [0.15, 0.2) is 41.5 Å². The summed E-state index contributed by atoms with van der Waals surface area (Å²) in [5.41, 5.74) is 6.33. The van der Waals surface area contributed by atoms with Crippen LogP contribution in [0.4, 0.5) is 4.39 Å². The summed E-state index contributed by atoms with van der Waals surface area (Å²) in [6, 6.07) is 8.62. The molecule has 0 radical (unpaired) electrons. The molecule has 1 saturated heterocycles. The summed E-state index contributed by atoms with van der Waals surface area (Å²) >= 11 is 0. The average Bonchev–Trinajstić information content (AvgIpc) is 2.93. The van der Waals surface area contributed by atoms with Crippen LogP contribution >= 0.6 is 0 Å². The van der Waals surface area contributed by atoms with E-state index in [0.29, 0.717) is 35.5 Å². The van der Waals surface area contributed by atoms with Crippen molar-refractivity contribution in [3.8, 4) is 16.9 Å². The van der Waals surface area contributed by atoms with Gasteiger partial charge in [-0.3, -0.25) is 9.69 Å². The second kappa shape index (κ2) is 6.25. The normalized spacial score (nSPS) is 30.6. The van der Waals surface area contributed by atoms with Crippen molar-refractivity contribution in [2.24, 2.45) is 16.6 Å². The number of hydrogen-bond acceptors (Lipinski definition) is 6. The summed E-state index contributed by atoms with van der Waals surface area (Å²) in [5, 5.41) is 0. The third kappa shape index (κ3) is 2.42. The van der Waals surface area contributed by atoms with Crippen molar-refractivity contribution in [2.75, 3.05) is 13.7 Å². The lowest BCUT2D eigenvalue weighted by molar-refractivity contribution is -0.149. The maximum Gasteiger partial charge on any atom is 0.262 e. The predicted molar refractivity (Wildman–Crippen MR) is 104 cm³/mol. The fraction of sp³-hybridized carbons (Fsp3) is 0.381. The Kier molecular flexibility index (Phi) is 3.89. The number of benzene rings is 1. The van der Waals surface area contributed by atoms with Crippen LogP contribution < -0.4 is 10.5 Å². The summed E-state index contributed by atoms with van der Waals surface area (Å²) in [6.07, 6.45) is 1.57. The van der Waals surface area contributed by atoms with Crippen LogP contribution in [0.25, 0.3) is 11.1 Å². The quantitative estimate of drug-likeness (QED) is 0.746. The van der Waals surface area contributed by atoms with E-state index < -0.39 is 11.5 Å². The number of pyridine rings is 1. The summed E-state index contributed by atoms with van der Waals surface area (Å²) < 4.78 is 26.5. The fourth-order valence-corrected chi connectivity index (χ4v) is 4.79. The molecule has 0 saturated carbocycles. The molecule has 4 atom stereocenters. The second-order valence-corrected chi connectivity index (χ2v) is 7.70. The number of hydrogen-bond donors (Lipinski definition) is 1. The molecule has 150 valence electrons. The number of likely N-dealkylation sites (N-methyl/N-ethyl adjacent to an activating group) is 1. The molecule has 7 nitrogen and oxygen atoms in total. The molecule has 3 aliphatic heterocycles. The summed E-state index contributed by atoms with van der Waals surface area (Å²) in [4.78, 5) is 23.3. The molecule has 2 N–H and O–H groups in total. The van der Waals surface area contributed by atoms with E-state index >= 15 is 0 Å². The number of carbonyl (C=O) groups is 1. The van der Waals surface area contributed by atoms with E-state index in [9.17, 15) is 9.18 Å². The average molecular weight is 396 g/mol. The molecule has 3 aliphatic rings. The molecule has 1 unspecified atom stereocenters. The van der Waals surface area contributed by atoms with Gasteiger partial charge in [-0.25, -0.2) is 9.98 Å². The summed E-state index contributed by atoms with van der Waals surface area (Å²) in [6.45, 7) is 2.48. The number of rotatable bonds is 1. The van der Waals surface area contributed by atoms with Crippen molar-refractivity contribution in [1.29, 1.82) is 0 Å². The number of fused-ring (bicyclic) bond motifs is 4. The van der Waals surface area contributed by atoms with E-state index in [1.165, 1.54) is 11.1 Å². The molecule has 1 spiro atoms. The van der Waals surface area contributed by atoms with E-state index in [1.54, 1.807) is 37.4 Å². The Morgan fingerprint density at radius 2 is 2.17 bits per heavy atom. The smallest absolute Gasteiger partial charge is 0.262 e. The van der Waals surface area contributed by atoms with Crippen LogP contribution in [-0.2, 0) is 15.1 Å². The van der Waals surface area contributed by atoms with Crippen LogP contribution in [0.1, 0.15) is 18.9 Å². The van der Waals surface area contributed by atoms with E-state index in [1.807, 2.05) is 6.92 Å². The highest BCUT2D eigenvalue weighted by Crippen LogP contribution is 2.53. The summed E-state index contributed by atoms with van der Waals surface area (Å²) in [5.74, 6) is -0.432. The van der Waals surface area contributed by atoms with Crippen LogP contribution in [0.2, 0.25) is 0 Å². The monoisotopic (exact) mass is 396 g/mol. The Hall–Kier alpha value is -3.00. The molecule has 2 aromatic rings. The molecule has 0 bridgehead atoms. The van der Waals surface area contributed by atoms with Gasteiger partial charge in [-0.05, 0) is 36.8 Å². The Bertz CT molecular complexity index is 1040. The minimum absolute atomic E-state index is 0.150. The Balaban J connectivity index is 1.76. The number of guanidine groups is 1. The number of nitrogens with two attached hydrogens (primary N) is 1. The molecular weight excluding hydrogens is 375 g/mol. The van der Waals surface area contributed by atoms with Gasteiger partial charge < -0.3 is 15.2 Å². The third-order valence-electron chi connectivity index (χ3n) is 6.18. The van der Waals surface area contributed by atoms with Crippen molar-refractivity contribution in [1.82, 2.24) is 9.88 Å². The molecule has 1 amide bonds. The highest BCUT2D eigenvalue weighted by molar-refractivity contribution is 6.07. The molecule has 29 heavy (non-hydrogen) atoms. The Morgan fingerprint density at radius 1 is 1.34 bits per heavy atom. The maximum absolute atomic E-state index is 14.3. The van der Waals surface area contributed by atoms with Crippen molar-refractivity contribution in [2.45, 2.75) is 31.1 Å². The first kappa shape index (κ1) is 18.1. The van der Waals surface area contributed by atoms with Gasteiger partial charge in [-0.1, -0.05) is 6.07 Å². The summed E-state index contributed by atoms with van der Waals surface area (Å²) in [7, 11) is 1.61. The minimum atomic E-state index is -1.26. The van der Waals surface area contributed by atoms with Gasteiger partial charge in [0.15, 0.2) is 11.5 Å². The van der Waals surface area contributed by atoms with Gasteiger partial charge in [0.2, 0.25) is 5.95 Å². The van der Waals surface area contributed by atoms with Crippen molar-refractivity contribution >= 4 is 11.9 Å². The van der Waals surface area contributed by atoms with Crippen molar-refractivity contribution in [3.05, 3.63) is 48.0 Å². The zero-order valence-electron chi connectivity index (χ0n) is 16.1. The number of aromatic nitrogens is 1. The zero-order chi connectivity index (χ0) is 20.3. The first-order valence-corrected chi connectivity index (χ1v) is 9.60. The number of ether oxygens (including phenoxy) is 2. The number of amides is 1. The van der Waals surface area contributed by atoms with Gasteiger partial charge in [-0.2, -0.15) is 4.39 Å². The molecular formula is C21H21FN4O3. The topological polar surface area (TPSA) is 90.0 Å². The number of nitrogens with zero attached hydrogens (tertiary/aromatic N) is 3. The first-order valence-electron chi connectivity index (χ1n) is 9.60. The number of halogens is 1. The largest absolute Gasteiger partial charge is 0.489 e. The van der Waals surface area contributed by atoms with E-state index in [-0.39, 0.29) is 30.0 Å². The second-order valence-electron chi connectivity index (χ2n) is 7.70. The lowest BCUT2D eigenvalue weighted by Crippen LogP contribution is -2.58. The van der Waals surface area contributed by atoms with Crippen LogP contribution in [-0.4, -0.2) is 47.6 Å². The number of aliphatic imine (C=N–C) groups is 1. The van der Waals surface area contributed by atoms with Crippen molar-refractivity contribution in [3.63, 3.8) is 0 Å². The lowest BCUT2D eigenvalue weighted by atomic mass is 9.68. The van der Waals surface area contributed by atoms with Gasteiger partial charge in [-0.15, -0.1) is 0 Å². The van der Waals surface area contributed by atoms with Crippen LogP contribution in [0.3, 0.4) is 0 Å². The van der Waals surface area contributed by atoms with E-state index in [4.69, 9.17) is 15.2 Å². The molecule has 5 rings (SSSR count). The standard InChI is InChI=1S/C21H21FN4O3/c1-11-17-16(7-9-28-11)29-15-6-5-12(13-4-3-8-24-18(13)22)10-14(15)21(17)19(27)26(2)20(23)25-21/h3-6,8,10-11,16-17H,7,9H2,1-2H3,(H2,23,25)/t11-,16?,17-,21-/m0/s1. The van der Waals surface area contributed by atoms with E-state index in [0.717, 1.165) is 0 Å². The minimum Gasteiger partial charge on any atom is -0.489 e. The highest BCUT2D eigenvalue weighted by Gasteiger charge is 2.62. The van der Waals surface area contributed by atoms with Gasteiger partial charge in [0, 0.05) is 30.8 Å². The maximum atomic E-state index is 14.3. The molecule has 1 fully saturated rings. The van der Waals surface area contributed by atoms with Crippen molar-refractivity contribution < 1.29 is 18.7 Å². The van der Waals surface area contributed by atoms with Gasteiger partial charge in [0.05, 0.1) is 18.6 Å². The molecule has 0 aliphatic carbocycles. The highest BCUT2D eigenvalue weighted by atomic mass is 19.1. The van der Waals surface area contributed by atoms with Gasteiger partial charge >= 0.3 is 0 Å². The zero-order valence-corrected chi connectivity index (χ0v) is 16.1. The first-order chi connectivity index (χ1) is 13.9. The van der Waals surface area contributed by atoms with Crippen LogP contribution in [0, 0.1) is 11.9 Å². The van der Waals surface area contributed by atoms with Gasteiger partial charge in [0.1, 0.15) is 11.9 Å². The van der Waals surface area contributed by atoms with Crippen LogP contribution in [0.5, 0.6) is 5.75 Å². The Morgan fingerprint density at radius 3 is 2.90 bits per heavy atom. The molecule has 1 aromatic carbocycles.